The van der Waals surface area contributed by atoms with E-state index in [1.807, 2.05) is 38.1 Å². The molecule has 5 heteroatoms. The summed E-state index contributed by atoms with van der Waals surface area (Å²) in [6, 6.07) is 6.58. The normalized spacial score (nSPS) is 16.5. The monoisotopic (exact) mass is 391 g/mol. The van der Waals surface area contributed by atoms with Crippen LogP contribution in [0.1, 0.15) is 39.5 Å². The Morgan fingerprint density at radius 2 is 1.88 bits per heavy atom. The van der Waals surface area contributed by atoms with Crippen LogP contribution in [0.25, 0.3) is 11.1 Å². The van der Waals surface area contributed by atoms with Crippen molar-refractivity contribution < 1.29 is 8.78 Å². The van der Waals surface area contributed by atoms with Crippen LogP contribution < -0.4 is 0 Å². The summed E-state index contributed by atoms with van der Waals surface area (Å²) in [6.45, 7) is 3.83. The third-order valence-corrected chi connectivity index (χ3v) is 6.94. The Bertz CT molecular complexity index is 762. The summed E-state index contributed by atoms with van der Waals surface area (Å²) in [6.07, 6.45) is 10.4. The minimum atomic E-state index is -0.512. The summed E-state index contributed by atoms with van der Waals surface area (Å²) < 4.78 is 29.2. The van der Waals surface area contributed by atoms with Gasteiger partial charge in [-0.15, -0.1) is 23.5 Å². The first-order chi connectivity index (χ1) is 12.6. The summed E-state index contributed by atoms with van der Waals surface area (Å²) in [4.78, 5) is 4.55. The molecule has 138 valence electrons. The molecule has 1 heterocycles. The van der Waals surface area contributed by atoms with Crippen LogP contribution in [0, 0.1) is 11.6 Å². The van der Waals surface area contributed by atoms with E-state index in [1.54, 1.807) is 18.0 Å². The fraction of sp³-hybridized carbons (Fsp3) is 0.381. The minimum Gasteiger partial charge on any atom is -0.249 e. The van der Waals surface area contributed by atoms with Crippen LogP contribution in [-0.4, -0.2) is 15.5 Å². The van der Waals surface area contributed by atoms with E-state index in [-0.39, 0.29) is 10.1 Å². The molecule has 1 saturated carbocycles. The maximum absolute atomic E-state index is 14.6. The number of nitrogens with zero attached hydrogens (tertiary/aromatic N) is 1. The lowest BCUT2D eigenvalue weighted by atomic mass is 10.1. The summed E-state index contributed by atoms with van der Waals surface area (Å²) in [5.41, 5.74) is 1.36. The quantitative estimate of drug-likeness (QED) is 0.384. The predicted molar refractivity (Wildman–Crippen MR) is 108 cm³/mol. The predicted octanol–water partition coefficient (Wildman–Crippen LogP) is 7.12. The lowest BCUT2D eigenvalue weighted by molar-refractivity contribution is 0.541. The molecular formula is C21H23F2NS2. The highest BCUT2D eigenvalue weighted by molar-refractivity contribution is 8.00. The number of hydrogen-bond acceptors (Lipinski definition) is 3. The van der Waals surface area contributed by atoms with Crippen molar-refractivity contribution in [1.29, 1.82) is 0 Å². The number of aromatic nitrogens is 1. The molecule has 3 rings (SSSR count). The Labute approximate surface area is 162 Å². The largest absolute Gasteiger partial charge is 0.249 e. The van der Waals surface area contributed by atoms with Gasteiger partial charge in [0.2, 0.25) is 0 Å². The molecule has 26 heavy (non-hydrogen) atoms. The molecule has 0 aliphatic heterocycles. The molecular weight excluding hydrogens is 368 g/mol. The smallest absolute Gasteiger partial charge is 0.140 e. The molecule has 1 aliphatic rings. The van der Waals surface area contributed by atoms with Gasteiger partial charge < -0.3 is 0 Å². The number of hydrogen-bond donors (Lipinski definition) is 0. The zero-order chi connectivity index (χ0) is 18.5. The minimum absolute atomic E-state index is 0.0155. The van der Waals surface area contributed by atoms with Gasteiger partial charge in [-0.25, -0.2) is 13.8 Å². The van der Waals surface area contributed by atoms with E-state index in [0.29, 0.717) is 10.8 Å². The highest BCUT2D eigenvalue weighted by Gasteiger charge is 2.20. The standard InChI is InChI=1S/C21H23F2NS2/c1-3-7-14(2)25-20-18(22)12-15(13-19(20)23)17-10-6-11-24-21(17)26-16-8-4-5-9-16/h3,6-7,10-14,16H,4-5,8-9H2,1-2H3/b7-3+. The average molecular weight is 392 g/mol. The Kier molecular flexibility index (Phi) is 6.76. The van der Waals surface area contributed by atoms with E-state index in [4.69, 9.17) is 0 Å². The lowest BCUT2D eigenvalue weighted by Crippen LogP contribution is -1.99. The highest BCUT2D eigenvalue weighted by Crippen LogP contribution is 2.40. The zero-order valence-corrected chi connectivity index (χ0v) is 16.7. The first kappa shape index (κ1) is 19.4. The van der Waals surface area contributed by atoms with Crippen LogP contribution in [0.2, 0.25) is 0 Å². The zero-order valence-electron chi connectivity index (χ0n) is 15.0. The maximum Gasteiger partial charge on any atom is 0.140 e. The number of pyridine rings is 1. The molecule has 0 radical (unpaired) electrons. The summed E-state index contributed by atoms with van der Waals surface area (Å²) in [5.74, 6) is -1.02. The molecule has 0 bridgehead atoms. The molecule has 1 aromatic carbocycles. The number of halogens is 2. The molecule has 0 amide bonds. The van der Waals surface area contributed by atoms with Gasteiger partial charge in [0.15, 0.2) is 0 Å². The molecule has 0 spiro atoms. The van der Waals surface area contributed by atoms with Crippen LogP contribution in [-0.2, 0) is 0 Å². The van der Waals surface area contributed by atoms with Gasteiger partial charge in [0.1, 0.15) is 16.7 Å². The van der Waals surface area contributed by atoms with E-state index in [0.717, 1.165) is 10.6 Å². The maximum atomic E-state index is 14.6. The summed E-state index contributed by atoms with van der Waals surface area (Å²) >= 11 is 2.93. The summed E-state index contributed by atoms with van der Waals surface area (Å²) in [5, 5.41) is 1.43. The molecule has 1 nitrogen and oxygen atoms in total. The number of allylic oxidation sites excluding steroid dienone is 1. The Hall–Kier alpha value is -1.33. The molecule has 1 aliphatic carbocycles. The molecule has 1 fully saturated rings. The van der Waals surface area contributed by atoms with E-state index in [9.17, 15) is 8.78 Å². The average Bonchev–Trinajstić information content (AvgIpc) is 3.12. The fourth-order valence-electron chi connectivity index (χ4n) is 3.19. The second kappa shape index (κ2) is 9.05. The van der Waals surface area contributed by atoms with Crippen molar-refractivity contribution in [3.05, 3.63) is 54.2 Å². The van der Waals surface area contributed by atoms with Crippen molar-refractivity contribution in [3.8, 4) is 11.1 Å². The third-order valence-electron chi connectivity index (χ3n) is 4.43. The Morgan fingerprint density at radius 3 is 2.54 bits per heavy atom. The lowest BCUT2D eigenvalue weighted by Gasteiger charge is -2.14. The van der Waals surface area contributed by atoms with Crippen LogP contribution >= 0.6 is 23.5 Å². The van der Waals surface area contributed by atoms with E-state index < -0.39 is 11.6 Å². The number of rotatable bonds is 6. The van der Waals surface area contributed by atoms with Crippen LogP contribution in [0.3, 0.4) is 0 Å². The molecule has 0 N–H and O–H groups in total. The van der Waals surface area contributed by atoms with Gasteiger partial charge in [-0.3, -0.25) is 0 Å². The van der Waals surface area contributed by atoms with E-state index in [1.165, 1.54) is 49.6 Å². The van der Waals surface area contributed by atoms with Gasteiger partial charge >= 0.3 is 0 Å². The third kappa shape index (κ3) is 4.68. The van der Waals surface area contributed by atoms with Crippen LogP contribution in [0.5, 0.6) is 0 Å². The van der Waals surface area contributed by atoms with E-state index >= 15 is 0 Å². The SMILES string of the molecule is C/C=C/C(C)Sc1c(F)cc(-c2cccnc2SC2CCCC2)cc1F. The summed E-state index contributed by atoms with van der Waals surface area (Å²) in [7, 11) is 0. The van der Waals surface area contributed by atoms with Gasteiger partial charge in [0, 0.05) is 22.3 Å². The molecule has 1 atom stereocenters. The first-order valence-corrected chi connectivity index (χ1v) is 10.7. The van der Waals surface area contributed by atoms with Crippen molar-refractivity contribution in [2.75, 3.05) is 0 Å². The molecule has 2 aromatic rings. The number of benzene rings is 1. The molecule has 0 saturated heterocycles. The molecule has 1 unspecified atom stereocenters. The number of thioether (sulfide) groups is 2. The Morgan fingerprint density at radius 1 is 1.19 bits per heavy atom. The van der Waals surface area contributed by atoms with Crippen molar-refractivity contribution in [2.45, 2.75) is 60.0 Å². The Balaban J connectivity index is 1.90. The van der Waals surface area contributed by atoms with E-state index in [2.05, 4.69) is 4.98 Å². The van der Waals surface area contributed by atoms with Gasteiger partial charge in [-0.05, 0) is 50.5 Å². The van der Waals surface area contributed by atoms with Crippen molar-refractivity contribution in [1.82, 2.24) is 4.98 Å². The van der Waals surface area contributed by atoms with Crippen molar-refractivity contribution in [3.63, 3.8) is 0 Å². The van der Waals surface area contributed by atoms with Gasteiger partial charge in [0.05, 0.1) is 4.90 Å². The topological polar surface area (TPSA) is 12.9 Å². The second-order valence-electron chi connectivity index (χ2n) is 6.50. The molecule has 1 aromatic heterocycles. The van der Waals surface area contributed by atoms with Crippen molar-refractivity contribution in [2.24, 2.45) is 0 Å². The van der Waals surface area contributed by atoms with Crippen LogP contribution in [0.4, 0.5) is 8.78 Å². The first-order valence-electron chi connectivity index (χ1n) is 8.99. The van der Waals surface area contributed by atoms with Crippen molar-refractivity contribution >= 4 is 23.5 Å². The van der Waals surface area contributed by atoms with Gasteiger partial charge in [-0.1, -0.05) is 31.1 Å². The highest BCUT2D eigenvalue weighted by atomic mass is 32.2. The fourth-order valence-corrected chi connectivity index (χ4v) is 5.46. The van der Waals surface area contributed by atoms with Gasteiger partial charge in [-0.2, -0.15) is 0 Å². The van der Waals surface area contributed by atoms with Gasteiger partial charge in [0.25, 0.3) is 0 Å². The second-order valence-corrected chi connectivity index (χ2v) is 9.17. The van der Waals surface area contributed by atoms with Crippen LogP contribution in [0.15, 0.2) is 52.5 Å².